The molecule has 0 radical (unpaired) electrons. The fourth-order valence-electron chi connectivity index (χ4n) is 0.840. The molecule has 0 aliphatic heterocycles. The van der Waals surface area contributed by atoms with Gasteiger partial charge in [0.1, 0.15) is 5.84 Å². The van der Waals surface area contributed by atoms with Crippen molar-refractivity contribution in [2.45, 2.75) is 13.8 Å². The third kappa shape index (κ3) is 3.13. The molecule has 0 aliphatic carbocycles. The molecule has 0 fully saturated rings. The smallest absolute Gasteiger partial charge is 0.102 e. The zero-order valence-corrected chi connectivity index (χ0v) is 11.0. The highest BCUT2D eigenvalue weighted by atomic mass is 127. The zero-order valence-electron chi connectivity index (χ0n) is 8.09. The highest BCUT2D eigenvalue weighted by Crippen LogP contribution is 2.26. The summed E-state index contributed by atoms with van der Waals surface area (Å²) < 4.78 is 1.09. The minimum absolute atomic E-state index is 0.241. The first-order valence-electron chi connectivity index (χ1n) is 4.30. The maximum Gasteiger partial charge on any atom is 0.102 e. The fraction of sp³-hybridized carbons (Fsp3) is 0.300. The topological polar surface area (TPSA) is 38.4 Å². The molecule has 0 heterocycles. The average molecular weight is 323 g/mol. The van der Waals surface area contributed by atoms with E-state index in [1.807, 2.05) is 32.0 Å². The number of hydrogen-bond acceptors (Lipinski definition) is 1. The summed E-state index contributed by atoms with van der Waals surface area (Å²) in [6, 6.07) is 5.70. The normalized spacial score (nSPS) is 12.2. The quantitative estimate of drug-likeness (QED) is 0.504. The summed E-state index contributed by atoms with van der Waals surface area (Å²) in [5, 5.41) is 0.639. The first kappa shape index (κ1) is 11.8. The molecule has 0 bridgehead atoms. The monoisotopic (exact) mass is 322 g/mol. The van der Waals surface area contributed by atoms with E-state index in [1.54, 1.807) is 0 Å². The lowest BCUT2D eigenvalue weighted by Gasteiger charge is -2.05. The van der Waals surface area contributed by atoms with E-state index in [9.17, 15) is 0 Å². The van der Waals surface area contributed by atoms with E-state index in [0.29, 0.717) is 10.9 Å². The highest BCUT2D eigenvalue weighted by molar-refractivity contribution is 14.1. The first-order chi connectivity index (χ1) is 6.50. The summed E-state index contributed by atoms with van der Waals surface area (Å²) in [6.07, 6.45) is 0. The third-order valence-corrected chi connectivity index (χ3v) is 2.72. The molecule has 0 spiro atoms. The molecular formula is C10H12ClIN2. The maximum atomic E-state index is 6.01. The van der Waals surface area contributed by atoms with Crippen molar-refractivity contribution in [1.82, 2.24) is 0 Å². The second-order valence-corrected chi connectivity index (χ2v) is 4.94. The van der Waals surface area contributed by atoms with Gasteiger partial charge in [-0.05, 0) is 40.8 Å². The summed E-state index contributed by atoms with van der Waals surface area (Å²) in [6.45, 7) is 4.00. The Labute approximate surface area is 103 Å². The van der Waals surface area contributed by atoms with Crippen LogP contribution in [0, 0.1) is 9.49 Å². The number of rotatable bonds is 2. The Morgan fingerprint density at radius 1 is 1.50 bits per heavy atom. The van der Waals surface area contributed by atoms with Gasteiger partial charge in [0.15, 0.2) is 0 Å². The zero-order chi connectivity index (χ0) is 10.7. The van der Waals surface area contributed by atoms with Crippen LogP contribution in [0.5, 0.6) is 0 Å². The molecule has 0 amide bonds. The summed E-state index contributed by atoms with van der Waals surface area (Å²) in [7, 11) is 0. The number of aliphatic imine (C=N–C) groups is 1. The number of halogens is 2. The van der Waals surface area contributed by atoms with Crippen molar-refractivity contribution in [3.05, 3.63) is 26.8 Å². The summed E-state index contributed by atoms with van der Waals surface area (Å²) in [4.78, 5) is 4.26. The lowest BCUT2D eigenvalue weighted by molar-refractivity contribution is 0.873. The van der Waals surface area contributed by atoms with Gasteiger partial charge in [-0.3, -0.25) is 0 Å². The second-order valence-electron chi connectivity index (χ2n) is 3.29. The van der Waals surface area contributed by atoms with Crippen LogP contribution in [0.15, 0.2) is 23.2 Å². The van der Waals surface area contributed by atoms with Crippen LogP contribution < -0.4 is 5.73 Å². The van der Waals surface area contributed by atoms with Crippen molar-refractivity contribution < 1.29 is 0 Å². The third-order valence-electron chi connectivity index (χ3n) is 1.75. The van der Waals surface area contributed by atoms with Crippen molar-refractivity contribution in [3.63, 3.8) is 0 Å². The van der Waals surface area contributed by atoms with Crippen LogP contribution in [-0.4, -0.2) is 5.84 Å². The Kier molecular flexibility index (Phi) is 4.19. The molecule has 14 heavy (non-hydrogen) atoms. The van der Waals surface area contributed by atoms with E-state index in [1.165, 1.54) is 0 Å². The summed E-state index contributed by atoms with van der Waals surface area (Å²) >= 11 is 8.22. The average Bonchev–Trinajstić information content (AvgIpc) is 2.09. The van der Waals surface area contributed by atoms with Crippen molar-refractivity contribution in [2.75, 3.05) is 0 Å². The molecule has 0 aromatic heterocycles. The van der Waals surface area contributed by atoms with Gasteiger partial charge in [0.25, 0.3) is 0 Å². The summed E-state index contributed by atoms with van der Waals surface area (Å²) in [5.41, 5.74) is 6.48. The van der Waals surface area contributed by atoms with Crippen LogP contribution in [0.4, 0.5) is 5.69 Å². The first-order valence-corrected chi connectivity index (χ1v) is 5.75. The molecule has 76 valence electrons. The lowest BCUT2D eigenvalue weighted by Crippen LogP contribution is -2.18. The van der Waals surface area contributed by atoms with Crippen LogP contribution >= 0.6 is 34.2 Å². The van der Waals surface area contributed by atoms with Crippen molar-refractivity contribution in [2.24, 2.45) is 16.6 Å². The van der Waals surface area contributed by atoms with E-state index < -0.39 is 0 Å². The molecule has 0 atom stereocenters. The maximum absolute atomic E-state index is 6.01. The van der Waals surface area contributed by atoms with Gasteiger partial charge in [0.05, 0.1) is 10.7 Å². The van der Waals surface area contributed by atoms with Gasteiger partial charge in [-0.15, -0.1) is 0 Å². The highest BCUT2D eigenvalue weighted by Gasteiger charge is 2.03. The second kappa shape index (κ2) is 4.98. The molecule has 4 heteroatoms. The largest absolute Gasteiger partial charge is 0.387 e. The van der Waals surface area contributed by atoms with E-state index in [0.717, 1.165) is 9.26 Å². The van der Waals surface area contributed by atoms with Gasteiger partial charge in [0, 0.05) is 9.49 Å². The predicted octanol–water partition coefficient (Wildman–Crippen LogP) is 3.59. The SMILES string of the molecule is CC(C)C(N)=Nc1ccc(I)cc1Cl. The van der Waals surface area contributed by atoms with Crippen molar-refractivity contribution in [1.29, 1.82) is 0 Å². The van der Waals surface area contributed by atoms with E-state index in [2.05, 4.69) is 27.6 Å². The molecule has 0 saturated heterocycles. The Balaban J connectivity index is 3.03. The van der Waals surface area contributed by atoms with Gasteiger partial charge in [-0.2, -0.15) is 0 Å². The van der Waals surface area contributed by atoms with Crippen molar-refractivity contribution in [3.8, 4) is 0 Å². The summed E-state index contributed by atoms with van der Waals surface area (Å²) in [5.74, 6) is 0.846. The van der Waals surface area contributed by atoms with Crippen LogP contribution in [0.1, 0.15) is 13.8 Å². The molecule has 1 aromatic carbocycles. The van der Waals surface area contributed by atoms with E-state index in [4.69, 9.17) is 17.3 Å². The van der Waals surface area contributed by atoms with Crippen LogP contribution in [0.3, 0.4) is 0 Å². The number of nitrogens with two attached hydrogens (primary N) is 1. The number of amidine groups is 1. The van der Waals surface area contributed by atoms with Crippen LogP contribution in [0.2, 0.25) is 5.02 Å². The number of nitrogens with zero attached hydrogens (tertiary/aromatic N) is 1. The van der Waals surface area contributed by atoms with Gasteiger partial charge in [0.2, 0.25) is 0 Å². The predicted molar refractivity (Wildman–Crippen MR) is 70.3 cm³/mol. The molecular weight excluding hydrogens is 310 g/mol. The molecule has 0 saturated carbocycles. The molecule has 0 unspecified atom stereocenters. The molecule has 1 rings (SSSR count). The molecule has 1 aromatic rings. The fourth-order valence-corrected chi connectivity index (χ4v) is 1.74. The van der Waals surface area contributed by atoms with Gasteiger partial charge in [-0.1, -0.05) is 25.4 Å². The van der Waals surface area contributed by atoms with E-state index in [-0.39, 0.29) is 5.92 Å². The van der Waals surface area contributed by atoms with Crippen molar-refractivity contribution >= 4 is 45.7 Å². The van der Waals surface area contributed by atoms with Gasteiger partial charge < -0.3 is 5.73 Å². The Morgan fingerprint density at radius 2 is 2.14 bits per heavy atom. The van der Waals surface area contributed by atoms with Gasteiger partial charge >= 0.3 is 0 Å². The molecule has 2 nitrogen and oxygen atoms in total. The lowest BCUT2D eigenvalue weighted by atomic mass is 10.2. The Bertz CT molecular complexity index is 361. The Hall–Kier alpha value is -0.290. The molecule has 2 N–H and O–H groups in total. The molecule has 0 aliphatic rings. The number of benzene rings is 1. The Morgan fingerprint density at radius 3 is 2.64 bits per heavy atom. The standard InChI is InChI=1S/C10H12ClIN2/c1-6(2)10(13)14-9-4-3-7(12)5-8(9)11/h3-6H,1-2H3,(H2,13,14). The number of hydrogen-bond donors (Lipinski definition) is 1. The van der Waals surface area contributed by atoms with E-state index >= 15 is 0 Å². The van der Waals surface area contributed by atoms with Crippen LogP contribution in [0.25, 0.3) is 0 Å². The van der Waals surface area contributed by atoms with Crippen LogP contribution in [-0.2, 0) is 0 Å². The minimum atomic E-state index is 0.241. The van der Waals surface area contributed by atoms with Gasteiger partial charge in [-0.25, -0.2) is 4.99 Å². The minimum Gasteiger partial charge on any atom is -0.387 e.